The predicted octanol–water partition coefficient (Wildman–Crippen LogP) is 2.99. The normalized spacial score (nSPS) is 13.2. The summed E-state index contributed by atoms with van der Waals surface area (Å²) in [6.07, 6.45) is 2.36. The molecule has 0 aliphatic carbocycles. The zero-order valence-electron chi connectivity index (χ0n) is 17.9. The van der Waals surface area contributed by atoms with Crippen LogP contribution in [-0.2, 0) is 0 Å². The molecule has 1 fully saturated rings. The summed E-state index contributed by atoms with van der Waals surface area (Å²) in [5.74, 6) is 3.10. The second kappa shape index (κ2) is 10.7. The van der Waals surface area contributed by atoms with E-state index >= 15 is 0 Å². The molecule has 1 aliphatic rings. The number of ether oxygens (including phenoxy) is 3. The molecule has 0 saturated carbocycles. The summed E-state index contributed by atoms with van der Waals surface area (Å²) in [6.45, 7) is 9.38. The van der Waals surface area contributed by atoms with Crippen LogP contribution in [0, 0.1) is 6.92 Å². The van der Waals surface area contributed by atoms with Gasteiger partial charge in [0.15, 0.2) is 11.5 Å². The van der Waals surface area contributed by atoms with E-state index in [0.29, 0.717) is 55.1 Å². The molecule has 30 heavy (non-hydrogen) atoms. The Bertz CT molecular complexity index is 853. The average Bonchev–Trinajstić information content (AvgIpc) is 3.27. The summed E-state index contributed by atoms with van der Waals surface area (Å²) in [6, 6.07) is 7.03. The van der Waals surface area contributed by atoms with Crippen LogP contribution in [0.15, 0.2) is 24.3 Å². The maximum absolute atomic E-state index is 12.5. The Balaban J connectivity index is 1.53. The molecule has 1 aromatic heterocycles. The van der Waals surface area contributed by atoms with Crippen LogP contribution in [0.4, 0.5) is 5.82 Å². The first-order valence-corrected chi connectivity index (χ1v) is 10.5. The smallest absolute Gasteiger partial charge is 0.251 e. The SMILES string of the molecule is CCOc1ccc(C(=O)NCCOc2cc(N3CCCC3)nc(C)n2)cc1OCC. The molecule has 1 amide bonds. The van der Waals surface area contributed by atoms with Crippen LogP contribution in [0.1, 0.15) is 42.9 Å². The topological polar surface area (TPSA) is 85.8 Å². The molecule has 162 valence electrons. The highest BCUT2D eigenvalue weighted by atomic mass is 16.5. The van der Waals surface area contributed by atoms with E-state index in [1.807, 2.05) is 26.8 Å². The molecule has 1 aliphatic heterocycles. The van der Waals surface area contributed by atoms with Crippen LogP contribution in [-0.4, -0.2) is 55.3 Å². The molecule has 1 N–H and O–H groups in total. The van der Waals surface area contributed by atoms with Gasteiger partial charge in [-0.2, -0.15) is 4.98 Å². The molecule has 3 rings (SSSR count). The number of nitrogens with one attached hydrogen (secondary N) is 1. The lowest BCUT2D eigenvalue weighted by Gasteiger charge is -2.17. The van der Waals surface area contributed by atoms with Crippen molar-refractivity contribution < 1.29 is 19.0 Å². The lowest BCUT2D eigenvalue weighted by atomic mass is 10.2. The van der Waals surface area contributed by atoms with E-state index in [2.05, 4.69) is 20.2 Å². The Morgan fingerprint density at radius 3 is 2.50 bits per heavy atom. The van der Waals surface area contributed by atoms with Crippen molar-refractivity contribution in [2.45, 2.75) is 33.6 Å². The fourth-order valence-corrected chi connectivity index (χ4v) is 3.32. The van der Waals surface area contributed by atoms with E-state index < -0.39 is 0 Å². The van der Waals surface area contributed by atoms with Crippen molar-refractivity contribution in [2.75, 3.05) is 44.4 Å². The monoisotopic (exact) mass is 414 g/mol. The van der Waals surface area contributed by atoms with Gasteiger partial charge in [0.1, 0.15) is 18.2 Å². The van der Waals surface area contributed by atoms with E-state index in [4.69, 9.17) is 14.2 Å². The minimum atomic E-state index is -0.195. The second-order valence-electron chi connectivity index (χ2n) is 6.94. The van der Waals surface area contributed by atoms with Crippen molar-refractivity contribution in [3.63, 3.8) is 0 Å². The maximum atomic E-state index is 12.5. The molecule has 0 atom stereocenters. The largest absolute Gasteiger partial charge is 0.490 e. The first kappa shape index (κ1) is 21.7. The Hall–Kier alpha value is -3.03. The van der Waals surface area contributed by atoms with Gasteiger partial charge in [-0.15, -0.1) is 0 Å². The fourth-order valence-electron chi connectivity index (χ4n) is 3.32. The standard InChI is InChI=1S/C22H30N4O4/c1-4-28-18-9-8-17(14-19(18)29-5-2)22(27)23-10-13-30-21-15-20(24-16(3)25-21)26-11-6-7-12-26/h8-9,14-15H,4-7,10-13H2,1-3H3,(H,23,27). The number of benzene rings is 1. The van der Waals surface area contributed by atoms with Crippen molar-refractivity contribution in [2.24, 2.45) is 0 Å². The highest BCUT2D eigenvalue weighted by Gasteiger charge is 2.16. The van der Waals surface area contributed by atoms with Crippen LogP contribution in [0.5, 0.6) is 17.4 Å². The Labute approximate surface area is 177 Å². The molecule has 1 saturated heterocycles. The zero-order valence-corrected chi connectivity index (χ0v) is 17.9. The number of anilines is 1. The molecular formula is C22H30N4O4. The number of hydrogen-bond donors (Lipinski definition) is 1. The first-order valence-electron chi connectivity index (χ1n) is 10.5. The molecule has 0 bridgehead atoms. The van der Waals surface area contributed by atoms with Gasteiger partial charge in [0, 0.05) is 24.7 Å². The highest BCUT2D eigenvalue weighted by molar-refractivity contribution is 5.94. The summed E-state index contributed by atoms with van der Waals surface area (Å²) in [5.41, 5.74) is 0.510. The maximum Gasteiger partial charge on any atom is 0.251 e. The third-order valence-corrected chi connectivity index (χ3v) is 4.67. The number of aromatic nitrogens is 2. The molecule has 8 heteroatoms. The van der Waals surface area contributed by atoms with Crippen molar-refractivity contribution >= 4 is 11.7 Å². The van der Waals surface area contributed by atoms with Gasteiger partial charge in [-0.3, -0.25) is 4.79 Å². The number of hydrogen-bond acceptors (Lipinski definition) is 7. The fraction of sp³-hybridized carbons (Fsp3) is 0.500. The van der Waals surface area contributed by atoms with Crippen molar-refractivity contribution in [1.29, 1.82) is 0 Å². The van der Waals surface area contributed by atoms with Gasteiger partial charge in [0.05, 0.1) is 19.8 Å². The first-order chi connectivity index (χ1) is 14.6. The van der Waals surface area contributed by atoms with Gasteiger partial charge < -0.3 is 24.4 Å². The van der Waals surface area contributed by atoms with Crippen molar-refractivity contribution in [1.82, 2.24) is 15.3 Å². The van der Waals surface area contributed by atoms with Crippen LogP contribution in [0.25, 0.3) is 0 Å². The number of amides is 1. The summed E-state index contributed by atoms with van der Waals surface area (Å²) in [5, 5.41) is 2.86. The average molecular weight is 415 g/mol. The third-order valence-electron chi connectivity index (χ3n) is 4.67. The van der Waals surface area contributed by atoms with Crippen molar-refractivity contribution in [3.8, 4) is 17.4 Å². The van der Waals surface area contributed by atoms with Gasteiger partial charge in [-0.1, -0.05) is 0 Å². The number of aryl methyl sites for hydroxylation is 1. The summed E-state index contributed by atoms with van der Waals surface area (Å²) in [7, 11) is 0. The Kier molecular flexibility index (Phi) is 7.70. The number of nitrogens with zero attached hydrogens (tertiary/aromatic N) is 3. The summed E-state index contributed by atoms with van der Waals surface area (Å²) >= 11 is 0. The molecule has 2 heterocycles. The van der Waals surface area contributed by atoms with Crippen LogP contribution in [0.2, 0.25) is 0 Å². The molecule has 0 unspecified atom stereocenters. The quantitative estimate of drug-likeness (QED) is 0.598. The molecular weight excluding hydrogens is 384 g/mol. The van der Waals surface area contributed by atoms with E-state index in [1.165, 1.54) is 12.8 Å². The van der Waals surface area contributed by atoms with E-state index in [9.17, 15) is 4.79 Å². The minimum absolute atomic E-state index is 0.195. The van der Waals surface area contributed by atoms with E-state index in [1.54, 1.807) is 18.2 Å². The zero-order chi connectivity index (χ0) is 21.3. The van der Waals surface area contributed by atoms with Crippen LogP contribution in [0.3, 0.4) is 0 Å². The van der Waals surface area contributed by atoms with Crippen LogP contribution < -0.4 is 24.4 Å². The van der Waals surface area contributed by atoms with Crippen molar-refractivity contribution in [3.05, 3.63) is 35.7 Å². The van der Waals surface area contributed by atoms with Crippen LogP contribution >= 0.6 is 0 Å². The number of carbonyl (C=O) groups is 1. The number of rotatable bonds is 10. The number of carbonyl (C=O) groups excluding carboxylic acids is 1. The van der Waals surface area contributed by atoms with Gasteiger partial charge in [0.25, 0.3) is 5.91 Å². The van der Waals surface area contributed by atoms with Gasteiger partial charge >= 0.3 is 0 Å². The molecule has 0 radical (unpaired) electrons. The molecule has 8 nitrogen and oxygen atoms in total. The van der Waals surface area contributed by atoms with Gasteiger partial charge in [-0.25, -0.2) is 4.98 Å². The Morgan fingerprint density at radius 2 is 1.77 bits per heavy atom. The molecule has 0 spiro atoms. The van der Waals surface area contributed by atoms with Gasteiger partial charge in [-0.05, 0) is 51.8 Å². The summed E-state index contributed by atoms with van der Waals surface area (Å²) < 4.78 is 16.9. The predicted molar refractivity (Wildman–Crippen MR) is 115 cm³/mol. The minimum Gasteiger partial charge on any atom is -0.490 e. The third kappa shape index (κ3) is 5.75. The van der Waals surface area contributed by atoms with Gasteiger partial charge in [0.2, 0.25) is 5.88 Å². The highest BCUT2D eigenvalue weighted by Crippen LogP contribution is 2.28. The van der Waals surface area contributed by atoms with E-state index in [-0.39, 0.29) is 5.91 Å². The Morgan fingerprint density at radius 1 is 1.03 bits per heavy atom. The second-order valence-corrected chi connectivity index (χ2v) is 6.94. The lowest BCUT2D eigenvalue weighted by molar-refractivity contribution is 0.0946. The molecule has 2 aromatic rings. The van der Waals surface area contributed by atoms with E-state index in [0.717, 1.165) is 18.9 Å². The lowest BCUT2D eigenvalue weighted by Crippen LogP contribution is -2.28. The molecule has 1 aromatic carbocycles. The summed E-state index contributed by atoms with van der Waals surface area (Å²) in [4.78, 5) is 23.5.